The van der Waals surface area contributed by atoms with E-state index < -0.39 is 90.9 Å². The Balaban J connectivity index is 0.0000230. The number of amides is 9. The van der Waals surface area contributed by atoms with Crippen LogP contribution in [-0.2, 0) is 60.2 Å². The number of nitrogens with zero attached hydrogens (tertiary/aromatic N) is 3. The van der Waals surface area contributed by atoms with Crippen molar-refractivity contribution in [1.82, 2.24) is 47.1 Å². The van der Waals surface area contributed by atoms with E-state index in [1.807, 2.05) is 0 Å². The van der Waals surface area contributed by atoms with Gasteiger partial charge in [0.25, 0.3) is 0 Å². The molecule has 0 bridgehead atoms. The van der Waals surface area contributed by atoms with Crippen molar-refractivity contribution < 1.29 is 75.8 Å². The number of hydroxylamine groups is 6. The average Bonchev–Trinajstić information content (AvgIpc) is 3.02. The van der Waals surface area contributed by atoms with Gasteiger partial charge in [0, 0.05) is 57.5 Å². The number of rotatable bonds is 12. The van der Waals surface area contributed by atoms with E-state index in [1.54, 1.807) is 0 Å². The molecule has 278 valence electrons. The number of nitrogens with one attached hydrogen (secondary N) is 6. The van der Waals surface area contributed by atoms with E-state index in [0.717, 1.165) is 20.8 Å². The monoisotopic (exact) mass is 743 g/mol. The first kappa shape index (κ1) is 44.6. The molecule has 0 spiro atoms. The van der Waals surface area contributed by atoms with Crippen LogP contribution in [0, 0.1) is 0 Å². The predicted molar refractivity (Wildman–Crippen MR) is 160 cm³/mol. The minimum atomic E-state index is -1.41. The molecule has 0 aromatic rings. The maximum Gasteiger partial charge on any atom is 0.243 e. The molecule has 0 aromatic carbocycles. The number of hydrogen-bond acceptors (Lipinski definition) is 12. The normalized spacial score (nSPS) is 19.6. The van der Waals surface area contributed by atoms with Gasteiger partial charge in [0.05, 0.1) is 19.6 Å². The van der Waals surface area contributed by atoms with E-state index in [2.05, 4.69) is 31.9 Å². The predicted octanol–water partition coefficient (Wildman–Crippen LogP) is -4.15. The van der Waals surface area contributed by atoms with Crippen molar-refractivity contribution in [2.24, 2.45) is 0 Å². The van der Waals surface area contributed by atoms with E-state index in [1.165, 1.54) is 0 Å². The molecule has 1 fully saturated rings. The van der Waals surface area contributed by atoms with Crippen LogP contribution in [0.5, 0.6) is 0 Å². The van der Waals surface area contributed by atoms with Gasteiger partial charge in [-0.05, 0) is 38.5 Å². The van der Waals surface area contributed by atoms with Crippen LogP contribution >= 0.6 is 0 Å². The molecule has 0 saturated carbocycles. The summed E-state index contributed by atoms with van der Waals surface area (Å²) < 4.78 is 0. The molecule has 0 aliphatic carbocycles. The van der Waals surface area contributed by atoms with Gasteiger partial charge < -0.3 is 31.9 Å². The molecule has 1 aliphatic heterocycles. The zero-order valence-corrected chi connectivity index (χ0v) is 28.5. The zero-order valence-electron chi connectivity index (χ0n) is 27.4. The Kier molecular flexibility index (Phi) is 21.0. The third kappa shape index (κ3) is 18.1. The molecule has 0 radical (unpaired) electrons. The summed E-state index contributed by atoms with van der Waals surface area (Å²) in [6.45, 7) is 0.894. The van der Waals surface area contributed by atoms with Gasteiger partial charge in [0.1, 0.15) is 18.1 Å². The van der Waals surface area contributed by atoms with E-state index >= 15 is 0 Å². The molecule has 1 heterocycles. The van der Waals surface area contributed by atoms with E-state index in [0.29, 0.717) is 15.2 Å². The molecule has 9 N–H and O–H groups in total. The second kappa shape index (κ2) is 23.1. The van der Waals surface area contributed by atoms with Crippen LogP contribution < -0.4 is 31.9 Å². The van der Waals surface area contributed by atoms with Crippen LogP contribution in [0.3, 0.4) is 0 Å². The molecular formula is C27H45FeN9O12. The van der Waals surface area contributed by atoms with Gasteiger partial charge in [-0.1, -0.05) is 0 Å². The molecule has 21 nitrogen and oxygen atoms in total. The Labute approximate surface area is 292 Å². The third-order valence-corrected chi connectivity index (χ3v) is 6.91. The Hall–Kier alpha value is -4.37. The van der Waals surface area contributed by atoms with Crippen molar-refractivity contribution in [2.45, 2.75) is 77.4 Å². The number of carbonyl (C=O) groups excluding carboxylic acids is 9. The smallest absolute Gasteiger partial charge is 0.243 e. The maximum atomic E-state index is 13.5. The topological polar surface area (TPSA) is 296 Å². The van der Waals surface area contributed by atoms with Crippen molar-refractivity contribution in [3.8, 4) is 0 Å². The molecule has 0 aromatic heterocycles. The molecule has 49 heavy (non-hydrogen) atoms. The fourth-order valence-electron chi connectivity index (χ4n) is 4.18. The van der Waals surface area contributed by atoms with Crippen LogP contribution in [0.15, 0.2) is 0 Å². The van der Waals surface area contributed by atoms with Crippen molar-refractivity contribution in [2.75, 3.05) is 39.3 Å². The minimum Gasteiger partial charge on any atom is -0.346 e. The summed E-state index contributed by atoms with van der Waals surface area (Å²) in [6.07, 6.45) is -0.483. The van der Waals surface area contributed by atoms with Crippen molar-refractivity contribution in [1.29, 1.82) is 0 Å². The summed E-state index contributed by atoms with van der Waals surface area (Å²) in [5.74, 6) is -7.02. The first-order valence-corrected chi connectivity index (χ1v) is 15.1. The molecular weight excluding hydrogens is 698 g/mol. The summed E-state index contributed by atoms with van der Waals surface area (Å²) in [4.78, 5) is 111. The van der Waals surface area contributed by atoms with Crippen LogP contribution in [0.25, 0.3) is 0 Å². The number of hydrogen-bond donors (Lipinski definition) is 9. The minimum absolute atomic E-state index is 0. The van der Waals surface area contributed by atoms with Gasteiger partial charge in [-0.15, -0.1) is 0 Å². The van der Waals surface area contributed by atoms with Crippen molar-refractivity contribution >= 4 is 53.2 Å². The molecule has 3 atom stereocenters. The van der Waals surface area contributed by atoms with Crippen LogP contribution in [0.4, 0.5) is 0 Å². The summed E-state index contributed by atoms with van der Waals surface area (Å²) in [5, 5.41) is 44.5. The summed E-state index contributed by atoms with van der Waals surface area (Å²) in [7, 11) is 0. The van der Waals surface area contributed by atoms with Crippen molar-refractivity contribution in [3.63, 3.8) is 0 Å². The Bertz CT molecular complexity index is 1180. The van der Waals surface area contributed by atoms with Crippen LogP contribution in [-0.4, -0.2) is 141 Å². The van der Waals surface area contributed by atoms with Gasteiger partial charge in [-0.2, -0.15) is 0 Å². The quantitative estimate of drug-likeness (QED) is 0.0523. The first-order chi connectivity index (χ1) is 22.5. The maximum absolute atomic E-state index is 13.5. The third-order valence-electron chi connectivity index (χ3n) is 6.91. The molecule has 1 aliphatic rings. The van der Waals surface area contributed by atoms with E-state index in [-0.39, 0.29) is 75.2 Å². The van der Waals surface area contributed by atoms with Gasteiger partial charge >= 0.3 is 0 Å². The van der Waals surface area contributed by atoms with Gasteiger partial charge in [0.15, 0.2) is 0 Å². The van der Waals surface area contributed by atoms with Crippen molar-refractivity contribution in [3.05, 3.63) is 0 Å². The molecule has 1 saturated heterocycles. The molecule has 9 amide bonds. The largest absolute Gasteiger partial charge is 0.346 e. The summed E-state index contributed by atoms with van der Waals surface area (Å²) in [6, 6.07) is -4.11. The van der Waals surface area contributed by atoms with E-state index in [4.69, 9.17) is 0 Å². The fourth-order valence-corrected chi connectivity index (χ4v) is 4.18. The van der Waals surface area contributed by atoms with Crippen LogP contribution in [0.2, 0.25) is 0 Å². The Morgan fingerprint density at radius 1 is 0.531 bits per heavy atom. The fraction of sp³-hybridized carbons (Fsp3) is 0.667. The Morgan fingerprint density at radius 2 is 0.837 bits per heavy atom. The van der Waals surface area contributed by atoms with Gasteiger partial charge in [0.2, 0.25) is 53.2 Å². The van der Waals surface area contributed by atoms with Gasteiger partial charge in [-0.25, -0.2) is 15.2 Å². The average molecular weight is 744 g/mol. The second-order valence-corrected chi connectivity index (χ2v) is 10.9. The summed E-state index contributed by atoms with van der Waals surface area (Å²) in [5.41, 5.74) is 0. The SMILES string of the molecule is CC(=O)N(O)CCC[C@@H]1NC(=O)CNC(=O)CNC(=O)CNC(=O)[C@H](CCCN(O)C(C)=O)NC(=O)[C@H](CCCN(O)C(C)=O)NC1=O.[Fe]. The second-order valence-electron chi connectivity index (χ2n) is 10.9. The standard InChI is InChI=1S/C27H45N9O12.Fe/c1-16(37)34(46)10-4-7-19-25(43)30-14-23(41)28-13-22(40)29-15-24(42)31-20(8-5-11-35(47)17(2)38)26(44)33-21(27(45)32-19)9-6-12-36(48)18(3)39;/h19-21,46-48H,4-15H2,1-3H3,(H,28,41)(H,29,40)(H,30,43)(H,31,42)(H,32,45)(H,33,44);/t19-,20-,21-;/m0./s1. The number of carbonyl (C=O) groups is 9. The Morgan fingerprint density at radius 3 is 1.20 bits per heavy atom. The molecule has 0 unspecified atom stereocenters. The molecule has 22 heteroatoms. The first-order valence-electron chi connectivity index (χ1n) is 15.1. The van der Waals surface area contributed by atoms with E-state index in [9.17, 15) is 58.8 Å². The van der Waals surface area contributed by atoms with Crippen LogP contribution in [0.1, 0.15) is 59.3 Å². The zero-order chi connectivity index (χ0) is 36.4. The molecule has 1 rings (SSSR count). The van der Waals surface area contributed by atoms with Gasteiger partial charge in [-0.3, -0.25) is 58.8 Å². The summed E-state index contributed by atoms with van der Waals surface area (Å²) >= 11 is 0.